The van der Waals surface area contributed by atoms with Crippen molar-refractivity contribution in [3.05, 3.63) is 24.3 Å². The minimum Gasteiger partial charge on any atom is -0.491 e. The molecule has 121 valence electrons. The van der Waals surface area contributed by atoms with E-state index in [4.69, 9.17) is 9.47 Å². The van der Waals surface area contributed by atoms with Crippen molar-refractivity contribution in [1.82, 2.24) is 0 Å². The Bertz CT molecular complexity index is 493. The third-order valence-electron chi connectivity index (χ3n) is 4.92. The molecule has 2 heterocycles. The maximum absolute atomic E-state index is 5.81. The molecule has 2 fully saturated rings. The van der Waals surface area contributed by atoms with Crippen molar-refractivity contribution in [2.45, 2.75) is 75.7 Å². The maximum atomic E-state index is 5.81. The second-order valence-corrected chi connectivity index (χ2v) is 6.51. The topological polar surface area (TPSA) is 43.2 Å². The van der Waals surface area contributed by atoms with Crippen molar-refractivity contribution < 1.29 is 28.0 Å². The van der Waals surface area contributed by atoms with Gasteiger partial charge in [-0.2, -0.15) is 0 Å². The van der Waals surface area contributed by atoms with E-state index in [2.05, 4.69) is 22.1 Å². The fraction of sp³-hybridized carbons (Fsp3) is 0.667. The van der Waals surface area contributed by atoms with Crippen LogP contribution >= 0.6 is 0 Å². The first-order valence-electron chi connectivity index (χ1n) is 8.55. The monoisotopic (exact) mass is 349 g/mol. The number of nitrogens with zero attached hydrogens (tertiary/aromatic N) is 2. The van der Waals surface area contributed by atoms with Gasteiger partial charge in [0.1, 0.15) is 12.2 Å². The molecule has 5 heteroatoms. The number of fused-ring (bicyclic) bond motifs is 2. The maximum Gasteiger partial charge on any atom is 2.00 e. The normalized spacial score (nSPS) is 35.8. The molecule has 0 amide bonds. The van der Waals surface area contributed by atoms with Crippen LogP contribution in [0.15, 0.2) is 22.1 Å². The Morgan fingerprint density at radius 1 is 0.739 bits per heavy atom. The van der Waals surface area contributed by atoms with Gasteiger partial charge in [0.05, 0.1) is 23.9 Å². The second kappa shape index (κ2) is 7.72. The minimum atomic E-state index is 0. The van der Waals surface area contributed by atoms with Crippen molar-refractivity contribution >= 4 is 11.8 Å². The van der Waals surface area contributed by atoms with Crippen LogP contribution in [0, 0.1) is 12.2 Å². The van der Waals surface area contributed by atoms with Gasteiger partial charge in [-0.15, -0.1) is 0 Å². The summed E-state index contributed by atoms with van der Waals surface area (Å²) in [6, 6.07) is 0.701. The molecule has 0 aromatic heterocycles. The van der Waals surface area contributed by atoms with Gasteiger partial charge < -0.3 is 21.6 Å². The number of allylic oxidation sites excluding steroid dienone is 2. The summed E-state index contributed by atoms with van der Waals surface area (Å²) < 4.78 is 11.6. The molecule has 1 radical (unpaired) electrons. The van der Waals surface area contributed by atoms with Gasteiger partial charge in [-0.05, 0) is 38.5 Å². The largest absolute Gasteiger partial charge is 2.00 e. The summed E-state index contributed by atoms with van der Waals surface area (Å²) >= 11 is 0. The van der Waals surface area contributed by atoms with E-state index in [9.17, 15) is 0 Å². The Hall–Kier alpha value is -0.996. The van der Waals surface area contributed by atoms with Crippen LogP contribution in [0.25, 0.3) is 0 Å². The molecule has 0 aromatic carbocycles. The van der Waals surface area contributed by atoms with Crippen molar-refractivity contribution in [3.63, 3.8) is 0 Å². The van der Waals surface area contributed by atoms with Crippen molar-refractivity contribution in [2.24, 2.45) is 9.98 Å². The fourth-order valence-corrected chi connectivity index (χ4v) is 3.74. The second-order valence-electron chi connectivity index (χ2n) is 6.51. The first-order chi connectivity index (χ1) is 10.9. The van der Waals surface area contributed by atoms with E-state index in [-0.39, 0.29) is 30.8 Å². The van der Waals surface area contributed by atoms with Crippen LogP contribution in [0.2, 0.25) is 0 Å². The molecule has 4 unspecified atom stereocenters. The van der Waals surface area contributed by atoms with Crippen molar-refractivity contribution in [1.29, 1.82) is 0 Å². The molecular weight excluding hydrogens is 327 g/mol. The molecule has 4 atom stereocenters. The quantitative estimate of drug-likeness (QED) is 0.580. The average molecular weight is 349 g/mol. The zero-order chi connectivity index (χ0) is 14.8. The number of hydrogen-bond donors (Lipinski definition) is 0. The molecule has 2 saturated carbocycles. The number of ether oxygens (including phenoxy) is 2. The van der Waals surface area contributed by atoms with E-state index < -0.39 is 0 Å². The summed E-state index contributed by atoms with van der Waals surface area (Å²) in [5, 5.41) is 0. The van der Waals surface area contributed by atoms with E-state index in [0.717, 1.165) is 25.7 Å². The summed E-state index contributed by atoms with van der Waals surface area (Å²) in [7, 11) is 0. The molecular formula is C18H22N2O2V. The molecule has 0 spiro atoms. The molecule has 4 rings (SSSR count). The third kappa shape index (κ3) is 3.92. The van der Waals surface area contributed by atoms with Crippen LogP contribution in [-0.2, 0) is 28.0 Å². The summed E-state index contributed by atoms with van der Waals surface area (Å²) in [5.41, 5.74) is 0. The Labute approximate surface area is 150 Å². The molecule has 23 heavy (non-hydrogen) atoms. The van der Waals surface area contributed by atoms with Crippen molar-refractivity contribution in [3.8, 4) is 0 Å². The Kier molecular flexibility index (Phi) is 5.65. The Balaban J connectivity index is 0.00000156. The van der Waals surface area contributed by atoms with Gasteiger partial charge in [0, 0.05) is 0 Å². The van der Waals surface area contributed by atoms with Gasteiger partial charge in [0.25, 0.3) is 0 Å². The smallest absolute Gasteiger partial charge is 0.491 e. The number of aliphatic imine (C=N–C) groups is 2. The zero-order valence-corrected chi connectivity index (χ0v) is 14.7. The predicted octanol–water partition coefficient (Wildman–Crippen LogP) is 3.18. The van der Waals surface area contributed by atoms with Crippen LogP contribution in [0.3, 0.4) is 0 Å². The SMILES string of the molecule is [C-](=CC=[C-]C1=NC2CCCCC2O1)C1=NC2CCCCC2O1.[V+2]. The van der Waals surface area contributed by atoms with Gasteiger partial charge >= 0.3 is 18.6 Å². The van der Waals surface area contributed by atoms with E-state index in [0.29, 0.717) is 23.9 Å². The van der Waals surface area contributed by atoms with E-state index in [1.165, 1.54) is 25.7 Å². The standard InChI is InChI=1S/C18H22N2O2.V/c1-3-9-15-13(7-1)19-17(21-15)11-5-6-12-18-20-14-8-2-4-10-16(14)22-18;/h5-6,13-16H,1-4,7-10H2;/q-2;+2. The summed E-state index contributed by atoms with van der Waals surface area (Å²) in [4.78, 5) is 9.16. The van der Waals surface area contributed by atoms with Crippen LogP contribution in [-0.4, -0.2) is 36.1 Å². The zero-order valence-electron chi connectivity index (χ0n) is 13.3. The third-order valence-corrected chi connectivity index (χ3v) is 4.92. The fourth-order valence-electron chi connectivity index (χ4n) is 3.74. The summed E-state index contributed by atoms with van der Waals surface area (Å²) in [6.45, 7) is 0. The molecule has 0 aromatic rings. The van der Waals surface area contributed by atoms with Crippen LogP contribution in [0.4, 0.5) is 0 Å². The van der Waals surface area contributed by atoms with Crippen molar-refractivity contribution in [2.75, 3.05) is 0 Å². The molecule has 0 N–H and O–H groups in total. The van der Waals surface area contributed by atoms with E-state index in [1.807, 2.05) is 0 Å². The molecule has 2 aliphatic heterocycles. The van der Waals surface area contributed by atoms with E-state index >= 15 is 0 Å². The molecule has 4 aliphatic rings. The average Bonchev–Trinajstić information content (AvgIpc) is 3.14. The van der Waals surface area contributed by atoms with Crippen LogP contribution in [0.1, 0.15) is 51.4 Å². The molecule has 2 aliphatic carbocycles. The van der Waals surface area contributed by atoms with Gasteiger partial charge in [-0.25, -0.2) is 0 Å². The van der Waals surface area contributed by atoms with Gasteiger partial charge in [0.15, 0.2) is 0 Å². The van der Waals surface area contributed by atoms with Gasteiger partial charge in [0.2, 0.25) is 0 Å². The Morgan fingerprint density at radius 3 is 1.61 bits per heavy atom. The summed E-state index contributed by atoms with van der Waals surface area (Å²) in [6.07, 6.45) is 19.9. The summed E-state index contributed by atoms with van der Waals surface area (Å²) in [5.74, 6) is 1.27. The predicted molar refractivity (Wildman–Crippen MR) is 84.8 cm³/mol. The molecule has 4 nitrogen and oxygen atoms in total. The van der Waals surface area contributed by atoms with E-state index in [1.54, 1.807) is 12.2 Å². The first kappa shape index (κ1) is 16.8. The van der Waals surface area contributed by atoms with Gasteiger partial charge in [-0.1, -0.05) is 12.8 Å². The molecule has 0 bridgehead atoms. The van der Waals surface area contributed by atoms with Crippen LogP contribution < -0.4 is 0 Å². The van der Waals surface area contributed by atoms with Crippen LogP contribution in [0.5, 0.6) is 0 Å². The Morgan fingerprint density at radius 2 is 1.17 bits per heavy atom. The number of rotatable bonds is 3. The first-order valence-corrected chi connectivity index (χ1v) is 8.55. The number of hydrogen-bond acceptors (Lipinski definition) is 4. The minimum absolute atomic E-state index is 0. The molecule has 0 saturated heterocycles. The van der Waals surface area contributed by atoms with Gasteiger partial charge in [-0.3, -0.25) is 22.1 Å².